The fraction of sp³-hybridized carbons (Fsp3) is 0.500. The van der Waals surface area contributed by atoms with E-state index >= 15 is 0 Å². The minimum Gasteiger partial charge on any atom is -0.388 e. The average molecular weight is 215 g/mol. The van der Waals surface area contributed by atoms with Gasteiger partial charge in [-0.1, -0.05) is 0 Å². The molecule has 1 rings (SSSR count). The van der Waals surface area contributed by atoms with Crippen LogP contribution in [0.2, 0.25) is 0 Å². The first-order chi connectivity index (χ1) is 6.41. The third-order valence-corrected chi connectivity index (χ3v) is 2.39. The second-order valence-corrected chi connectivity index (χ2v) is 4.35. The summed E-state index contributed by atoms with van der Waals surface area (Å²) in [6, 6.07) is -0.966. The van der Waals surface area contributed by atoms with Gasteiger partial charge in [0.2, 0.25) is 5.91 Å². The maximum atomic E-state index is 11.4. The summed E-state index contributed by atoms with van der Waals surface area (Å²) in [6.07, 6.45) is 1.58. The Hall–Kier alpha value is -0.980. The molecule has 0 aliphatic carbocycles. The Labute approximate surface area is 86.0 Å². The van der Waals surface area contributed by atoms with Crippen molar-refractivity contribution in [2.45, 2.75) is 25.5 Å². The third kappa shape index (κ3) is 2.76. The maximum Gasteiger partial charge on any atom is 0.246 e. The van der Waals surface area contributed by atoms with Crippen LogP contribution in [0.25, 0.3) is 0 Å². The number of nitrogens with two attached hydrogens (primary N) is 1. The normalized spacial score (nSPS) is 13.7. The highest BCUT2D eigenvalue weighted by Gasteiger charge is 2.29. The Morgan fingerprint density at radius 2 is 2.43 bits per heavy atom. The molecule has 0 unspecified atom stereocenters. The van der Waals surface area contributed by atoms with Crippen LogP contribution >= 0.6 is 11.3 Å². The van der Waals surface area contributed by atoms with E-state index in [2.05, 4.69) is 10.3 Å². The molecular weight excluding hydrogens is 202 g/mol. The summed E-state index contributed by atoms with van der Waals surface area (Å²) in [7, 11) is 0. The van der Waals surface area contributed by atoms with Crippen molar-refractivity contribution in [3.63, 3.8) is 0 Å². The number of aromatic nitrogens is 1. The van der Waals surface area contributed by atoms with E-state index in [0.717, 1.165) is 0 Å². The number of nitrogens with one attached hydrogen (secondary N) is 1. The zero-order valence-electron chi connectivity index (χ0n) is 8.02. The quantitative estimate of drug-likeness (QED) is 0.671. The van der Waals surface area contributed by atoms with Crippen LogP contribution in [-0.2, 0) is 4.79 Å². The fourth-order valence-corrected chi connectivity index (χ4v) is 1.32. The number of anilines is 1. The average Bonchev–Trinajstić information content (AvgIpc) is 2.53. The van der Waals surface area contributed by atoms with Crippen molar-refractivity contribution < 1.29 is 9.90 Å². The highest BCUT2D eigenvalue weighted by Crippen LogP contribution is 2.13. The van der Waals surface area contributed by atoms with E-state index in [1.165, 1.54) is 25.2 Å². The SMILES string of the molecule is CC(C)(O)[C@H](N)C(=O)Nc1nccs1. The minimum atomic E-state index is -1.23. The zero-order valence-corrected chi connectivity index (χ0v) is 8.84. The predicted molar refractivity (Wildman–Crippen MR) is 55.0 cm³/mol. The van der Waals surface area contributed by atoms with Crippen LogP contribution < -0.4 is 11.1 Å². The first kappa shape index (κ1) is 11.1. The number of hydrogen-bond donors (Lipinski definition) is 3. The molecule has 0 radical (unpaired) electrons. The van der Waals surface area contributed by atoms with Crippen molar-refractivity contribution >= 4 is 22.4 Å². The van der Waals surface area contributed by atoms with Gasteiger partial charge in [-0.05, 0) is 13.8 Å². The Balaban J connectivity index is 2.59. The molecule has 1 atom stereocenters. The summed E-state index contributed by atoms with van der Waals surface area (Å²) in [6.45, 7) is 2.97. The number of aliphatic hydroxyl groups is 1. The van der Waals surface area contributed by atoms with Gasteiger partial charge in [-0.15, -0.1) is 11.3 Å². The molecule has 1 amide bonds. The molecule has 6 heteroatoms. The van der Waals surface area contributed by atoms with Crippen LogP contribution in [-0.4, -0.2) is 27.6 Å². The summed E-state index contributed by atoms with van der Waals surface area (Å²) in [4.78, 5) is 15.3. The number of thiazole rings is 1. The summed E-state index contributed by atoms with van der Waals surface area (Å²) >= 11 is 1.30. The Morgan fingerprint density at radius 1 is 1.79 bits per heavy atom. The van der Waals surface area contributed by atoms with Crippen molar-refractivity contribution in [1.29, 1.82) is 0 Å². The standard InChI is InChI=1S/C8H13N3O2S/c1-8(2,13)5(9)6(12)11-7-10-3-4-14-7/h3-5,13H,9H2,1-2H3,(H,10,11,12)/t5-/m1/s1. The lowest BCUT2D eigenvalue weighted by Crippen LogP contribution is -2.51. The van der Waals surface area contributed by atoms with E-state index < -0.39 is 17.6 Å². The molecule has 0 fully saturated rings. The lowest BCUT2D eigenvalue weighted by molar-refractivity contribution is -0.122. The van der Waals surface area contributed by atoms with E-state index in [4.69, 9.17) is 5.73 Å². The van der Waals surface area contributed by atoms with Gasteiger partial charge >= 0.3 is 0 Å². The van der Waals surface area contributed by atoms with Crippen LogP contribution in [0.3, 0.4) is 0 Å². The molecule has 14 heavy (non-hydrogen) atoms. The first-order valence-electron chi connectivity index (χ1n) is 4.09. The molecule has 0 bridgehead atoms. The second kappa shape index (κ2) is 4.04. The molecule has 0 saturated heterocycles. The molecule has 0 aliphatic rings. The third-order valence-electron chi connectivity index (χ3n) is 1.71. The molecule has 4 N–H and O–H groups in total. The number of carbonyl (C=O) groups is 1. The van der Waals surface area contributed by atoms with E-state index in [1.807, 2.05) is 0 Å². The summed E-state index contributed by atoms with van der Waals surface area (Å²) < 4.78 is 0. The minimum absolute atomic E-state index is 0.438. The molecule has 0 aliphatic heterocycles. The summed E-state index contributed by atoms with van der Waals surface area (Å²) in [5, 5.41) is 14.2. The number of carbonyl (C=O) groups excluding carboxylic acids is 1. The van der Waals surface area contributed by atoms with Crippen molar-refractivity contribution in [1.82, 2.24) is 4.98 Å². The first-order valence-corrected chi connectivity index (χ1v) is 4.97. The van der Waals surface area contributed by atoms with Gasteiger partial charge in [0.25, 0.3) is 0 Å². The lowest BCUT2D eigenvalue weighted by atomic mass is 9.99. The smallest absolute Gasteiger partial charge is 0.246 e. The van der Waals surface area contributed by atoms with Crippen molar-refractivity contribution in [3.05, 3.63) is 11.6 Å². The van der Waals surface area contributed by atoms with E-state index in [0.29, 0.717) is 5.13 Å². The van der Waals surface area contributed by atoms with Crippen LogP contribution in [0.15, 0.2) is 11.6 Å². The Kier molecular flexibility index (Phi) is 3.20. The molecule has 0 saturated carbocycles. The maximum absolute atomic E-state index is 11.4. The number of hydrogen-bond acceptors (Lipinski definition) is 5. The van der Waals surface area contributed by atoms with Gasteiger partial charge in [0.05, 0.1) is 5.60 Å². The topological polar surface area (TPSA) is 88.2 Å². The molecule has 5 nitrogen and oxygen atoms in total. The van der Waals surface area contributed by atoms with Crippen molar-refractivity contribution in [3.8, 4) is 0 Å². The summed E-state index contributed by atoms with van der Waals surface area (Å²) in [5.74, 6) is -0.438. The van der Waals surface area contributed by atoms with Gasteiger partial charge in [-0.3, -0.25) is 4.79 Å². The fourth-order valence-electron chi connectivity index (χ4n) is 0.789. The van der Waals surface area contributed by atoms with Crippen molar-refractivity contribution in [2.75, 3.05) is 5.32 Å². The summed E-state index contributed by atoms with van der Waals surface area (Å²) in [5.41, 5.74) is 4.29. The molecule has 1 aromatic heterocycles. The largest absolute Gasteiger partial charge is 0.388 e. The highest BCUT2D eigenvalue weighted by molar-refractivity contribution is 7.13. The molecular formula is C8H13N3O2S. The van der Waals surface area contributed by atoms with Gasteiger partial charge < -0.3 is 16.2 Å². The number of amides is 1. The van der Waals surface area contributed by atoms with Crippen LogP contribution in [0.4, 0.5) is 5.13 Å². The lowest BCUT2D eigenvalue weighted by Gasteiger charge is -2.23. The molecule has 0 aromatic carbocycles. The van der Waals surface area contributed by atoms with Gasteiger partial charge in [0, 0.05) is 11.6 Å². The van der Waals surface area contributed by atoms with E-state index in [1.54, 1.807) is 11.6 Å². The van der Waals surface area contributed by atoms with E-state index in [-0.39, 0.29) is 0 Å². The number of nitrogens with zero attached hydrogens (tertiary/aromatic N) is 1. The Bertz CT molecular complexity index is 305. The van der Waals surface area contributed by atoms with Crippen LogP contribution in [0.1, 0.15) is 13.8 Å². The highest BCUT2D eigenvalue weighted by atomic mass is 32.1. The molecule has 1 heterocycles. The molecule has 78 valence electrons. The molecule has 0 spiro atoms. The van der Waals surface area contributed by atoms with E-state index in [9.17, 15) is 9.90 Å². The number of rotatable bonds is 3. The van der Waals surface area contributed by atoms with Crippen LogP contribution in [0, 0.1) is 0 Å². The molecule has 1 aromatic rings. The van der Waals surface area contributed by atoms with Crippen LogP contribution in [0.5, 0.6) is 0 Å². The van der Waals surface area contributed by atoms with Gasteiger partial charge in [0.15, 0.2) is 5.13 Å². The van der Waals surface area contributed by atoms with Gasteiger partial charge in [-0.25, -0.2) is 4.98 Å². The zero-order chi connectivity index (χ0) is 10.8. The second-order valence-electron chi connectivity index (χ2n) is 3.46. The van der Waals surface area contributed by atoms with Gasteiger partial charge in [-0.2, -0.15) is 0 Å². The predicted octanol–water partition coefficient (Wildman–Crippen LogP) is 0.180. The van der Waals surface area contributed by atoms with Gasteiger partial charge in [0.1, 0.15) is 6.04 Å². The monoisotopic (exact) mass is 215 g/mol. The van der Waals surface area contributed by atoms with Crippen molar-refractivity contribution in [2.24, 2.45) is 5.73 Å². The Morgan fingerprint density at radius 3 is 2.86 bits per heavy atom.